The molecule has 0 heterocycles. The monoisotopic (exact) mass is 286 g/mol. The van der Waals surface area contributed by atoms with Crippen LogP contribution in [0.15, 0.2) is 59.5 Å². The molecule has 0 aromatic rings. The highest BCUT2D eigenvalue weighted by Gasteiger charge is 2.14. The van der Waals surface area contributed by atoms with Crippen molar-refractivity contribution < 1.29 is 4.39 Å². The lowest BCUT2D eigenvalue weighted by Gasteiger charge is -2.15. The highest BCUT2D eigenvalue weighted by molar-refractivity contribution is 5.39. The molecular weight excluding hydrogens is 259 g/mol. The molecule has 0 amide bonds. The van der Waals surface area contributed by atoms with E-state index in [0.717, 1.165) is 6.42 Å². The Morgan fingerprint density at radius 1 is 1.10 bits per heavy atom. The van der Waals surface area contributed by atoms with Crippen molar-refractivity contribution in [2.45, 2.75) is 58.3 Å². The molecule has 1 fully saturated rings. The molecule has 0 aromatic heterocycles. The van der Waals surface area contributed by atoms with Gasteiger partial charge in [-0.15, -0.1) is 0 Å². The number of rotatable bonds is 4. The quantitative estimate of drug-likeness (QED) is 0.404. The summed E-state index contributed by atoms with van der Waals surface area (Å²) in [4.78, 5) is 0. The van der Waals surface area contributed by atoms with Crippen LogP contribution in [-0.2, 0) is 0 Å². The van der Waals surface area contributed by atoms with Crippen molar-refractivity contribution in [3.05, 3.63) is 59.5 Å². The predicted molar refractivity (Wildman–Crippen MR) is 89.7 cm³/mol. The average Bonchev–Trinajstić information content (AvgIpc) is 2.78. The van der Waals surface area contributed by atoms with Crippen molar-refractivity contribution in [2.24, 2.45) is 5.92 Å². The fourth-order valence-electron chi connectivity index (χ4n) is 3.25. The molecule has 0 atom stereocenters. The number of hydrogen-bond acceptors (Lipinski definition) is 0. The van der Waals surface area contributed by atoms with Crippen molar-refractivity contribution in [1.29, 1.82) is 0 Å². The van der Waals surface area contributed by atoms with E-state index in [1.54, 1.807) is 6.08 Å². The molecule has 0 nitrogen and oxygen atoms in total. The third kappa shape index (κ3) is 4.84. The summed E-state index contributed by atoms with van der Waals surface area (Å²) in [6, 6.07) is 0. The molecule has 114 valence electrons. The van der Waals surface area contributed by atoms with Gasteiger partial charge in [-0.25, -0.2) is 4.39 Å². The number of allylic oxidation sites excluding steroid dienone is 9. The van der Waals surface area contributed by atoms with Crippen molar-refractivity contribution in [2.75, 3.05) is 0 Å². The average molecular weight is 286 g/mol. The molecule has 0 bridgehead atoms. The molecule has 0 saturated heterocycles. The van der Waals surface area contributed by atoms with E-state index in [0.29, 0.717) is 12.3 Å². The minimum atomic E-state index is -0.00710. The summed E-state index contributed by atoms with van der Waals surface area (Å²) in [5.74, 6) is 0.666. The van der Waals surface area contributed by atoms with Crippen LogP contribution < -0.4 is 0 Å². The first-order valence-corrected chi connectivity index (χ1v) is 8.27. The highest BCUT2D eigenvalue weighted by Crippen LogP contribution is 2.30. The second kappa shape index (κ2) is 8.17. The Labute approximate surface area is 128 Å². The zero-order valence-electron chi connectivity index (χ0n) is 13.2. The van der Waals surface area contributed by atoms with Crippen LogP contribution in [0.25, 0.3) is 0 Å². The molecular formula is C20H27F. The van der Waals surface area contributed by atoms with Gasteiger partial charge in [-0.05, 0) is 54.9 Å². The Morgan fingerprint density at radius 3 is 2.38 bits per heavy atom. The van der Waals surface area contributed by atoms with E-state index in [1.165, 1.54) is 55.2 Å². The summed E-state index contributed by atoms with van der Waals surface area (Å²) in [6.07, 6.45) is 19.3. The topological polar surface area (TPSA) is 0 Å². The molecule has 2 rings (SSSR count). The molecule has 1 heteroatoms. The van der Waals surface area contributed by atoms with Gasteiger partial charge in [0.1, 0.15) is 5.83 Å². The molecule has 1 saturated carbocycles. The summed E-state index contributed by atoms with van der Waals surface area (Å²) in [5.41, 5.74) is 3.86. The lowest BCUT2D eigenvalue weighted by atomic mass is 9.90. The Morgan fingerprint density at radius 2 is 1.81 bits per heavy atom. The van der Waals surface area contributed by atoms with Crippen LogP contribution in [0, 0.1) is 5.92 Å². The zero-order chi connectivity index (χ0) is 15.1. The molecule has 0 N–H and O–H groups in total. The Kier molecular flexibility index (Phi) is 6.22. The first-order valence-electron chi connectivity index (χ1n) is 8.27. The van der Waals surface area contributed by atoms with E-state index < -0.39 is 0 Å². The maximum absolute atomic E-state index is 13.0. The van der Waals surface area contributed by atoms with Gasteiger partial charge >= 0.3 is 0 Å². The third-order valence-corrected chi connectivity index (χ3v) is 4.69. The fraction of sp³-hybridized carbons (Fsp3) is 0.500. The molecule has 0 spiro atoms. The van der Waals surface area contributed by atoms with Gasteiger partial charge in [0.15, 0.2) is 0 Å². The molecule has 0 aromatic carbocycles. The van der Waals surface area contributed by atoms with Gasteiger partial charge in [-0.3, -0.25) is 0 Å². The third-order valence-electron chi connectivity index (χ3n) is 4.69. The van der Waals surface area contributed by atoms with Crippen LogP contribution in [0.4, 0.5) is 4.39 Å². The van der Waals surface area contributed by atoms with Crippen LogP contribution in [0.5, 0.6) is 0 Å². The lowest BCUT2D eigenvalue weighted by Crippen LogP contribution is -2.01. The van der Waals surface area contributed by atoms with Crippen molar-refractivity contribution in [1.82, 2.24) is 0 Å². The highest BCUT2D eigenvalue weighted by atomic mass is 19.1. The maximum atomic E-state index is 13.0. The Hall–Kier alpha value is -1.37. The maximum Gasteiger partial charge on any atom is 0.100 e. The van der Waals surface area contributed by atoms with Crippen LogP contribution >= 0.6 is 0 Å². The molecule has 21 heavy (non-hydrogen) atoms. The van der Waals surface area contributed by atoms with E-state index in [1.807, 2.05) is 12.2 Å². The van der Waals surface area contributed by atoms with Gasteiger partial charge in [0.2, 0.25) is 0 Å². The molecule has 2 aliphatic carbocycles. The predicted octanol–water partition coefficient (Wildman–Crippen LogP) is 6.59. The van der Waals surface area contributed by atoms with E-state index in [-0.39, 0.29) is 5.83 Å². The van der Waals surface area contributed by atoms with Gasteiger partial charge in [-0.1, -0.05) is 56.6 Å². The second-order valence-corrected chi connectivity index (χ2v) is 6.21. The van der Waals surface area contributed by atoms with Gasteiger partial charge in [0.05, 0.1) is 0 Å². The summed E-state index contributed by atoms with van der Waals surface area (Å²) in [7, 11) is 0. The minimum Gasteiger partial charge on any atom is -0.212 e. The molecule has 0 unspecified atom stereocenters. The fourth-order valence-corrected chi connectivity index (χ4v) is 3.25. The minimum absolute atomic E-state index is 0.00710. The van der Waals surface area contributed by atoms with Gasteiger partial charge in [0, 0.05) is 6.42 Å². The summed E-state index contributed by atoms with van der Waals surface area (Å²) in [5, 5.41) is 0. The molecule has 0 aliphatic heterocycles. The van der Waals surface area contributed by atoms with Crippen LogP contribution in [0.2, 0.25) is 0 Å². The smallest absolute Gasteiger partial charge is 0.100 e. The zero-order valence-corrected chi connectivity index (χ0v) is 13.2. The van der Waals surface area contributed by atoms with Crippen LogP contribution in [0.3, 0.4) is 0 Å². The van der Waals surface area contributed by atoms with Crippen LogP contribution in [0.1, 0.15) is 58.3 Å². The number of halogens is 1. The normalized spacial score (nSPS) is 22.4. The van der Waals surface area contributed by atoms with Gasteiger partial charge in [-0.2, -0.15) is 0 Å². The molecule has 0 radical (unpaired) electrons. The second-order valence-electron chi connectivity index (χ2n) is 6.21. The van der Waals surface area contributed by atoms with Gasteiger partial charge in [0.25, 0.3) is 0 Å². The first-order chi connectivity index (χ1) is 10.2. The van der Waals surface area contributed by atoms with Crippen molar-refractivity contribution in [3.63, 3.8) is 0 Å². The van der Waals surface area contributed by atoms with E-state index in [9.17, 15) is 4.39 Å². The standard InChI is InChI=1S/C20H27F/c1-3-17(19-8-6-4-5-7-9-19)11-10-16(2)18-12-14-20(21)15-13-18/h3,10-12,14,19H,1,4-9,13,15H2,2H3/b16-10+,17-11+. The van der Waals surface area contributed by atoms with E-state index >= 15 is 0 Å². The Balaban J connectivity index is 2.08. The van der Waals surface area contributed by atoms with Crippen molar-refractivity contribution >= 4 is 0 Å². The largest absolute Gasteiger partial charge is 0.212 e. The van der Waals surface area contributed by atoms with E-state index in [4.69, 9.17) is 0 Å². The van der Waals surface area contributed by atoms with E-state index in [2.05, 4.69) is 25.7 Å². The van der Waals surface area contributed by atoms with Gasteiger partial charge < -0.3 is 0 Å². The first kappa shape index (κ1) is 16.0. The summed E-state index contributed by atoms with van der Waals surface area (Å²) < 4.78 is 13.0. The SMILES string of the molecule is C=C/C(=C\C=C(/C)C1=CC=C(F)CC1)C1CCCCCC1. The number of hydrogen-bond donors (Lipinski definition) is 0. The Bertz CT molecular complexity index is 480. The summed E-state index contributed by atoms with van der Waals surface area (Å²) >= 11 is 0. The lowest BCUT2D eigenvalue weighted by molar-refractivity contribution is 0.540. The molecule has 2 aliphatic rings. The van der Waals surface area contributed by atoms with Crippen LogP contribution in [-0.4, -0.2) is 0 Å². The van der Waals surface area contributed by atoms with Crippen molar-refractivity contribution in [3.8, 4) is 0 Å². The summed E-state index contributed by atoms with van der Waals surface area (Å²) in [6.45, 7) is 6.11.